The number of aryl methyl sites for hydroxylation is 2. The maximum Gasteiger partial charge on any atom is 0.466 e. The maximum absolute atomic E-state index is 11.3. The molecule has 1 heterocycles. The smallest absolute Gasteiger partial charge is 0.466 e. The summed E-state index contributed by atoms with van der Waals surface area (Å²) in [7, 11) is -0.554. The monoisotopic (exact) mass is 304 g/mol. The highest BCUT2D eigenvalue weighted by Gasteiger charge is 2.54. The highest BCUT2D eigenvalue weighted by molar-refractivity contribution is 6.48. The standard InChI is InChI=1S/C17H25BO4/c1-11-7-8-12(2)13(9-11)14(10-15(19)20)18-21-16(3,4)17(5,6)22-18/h7-9,14H,10H2,1-6H3,(H,19,20). The van der Waals surface area contributed by atoms with Crippen LogP contribution in [0.4, 0.5) is 0 Å². The van der Waals surface area contributed by atoms with Crippen molar-refractivity contribution in [2.45, 2.75) is 65.0 Å². The SMILES string of the molecule is Cc1ccc(C)c(C(CC(=O)O)B2OC(C)(C)C(C)(C)O2)c1. The Morgan fingerprint density at radius 3 is 2.23 bits per heavy atom. The normalized spacial score (nSPS) is 20.9. The second kappa shape index (κ2) is 5.71. The summed E-state index contributed by atoms with van der Waals surface area (Å²) in [6.45, 7) is 11.9. The summed E-state index contributed by atoms with van der Waals surface area (Å²) in [4.78, 5) is 11.3. The molecule has 1 unspecified atom stereocenters. The van der Waals surface area contributed by atoms with Crippen molar-refractivity contribution in [3.63, 3.8) is 0 Å². The van der Waals surface area contributed by atoms with Gasteiger partial charge in [-0.05, 0) is 52.7 Å². The van der Waals surface area contributed by atoms with E-state index in [0.717, 1.165) is 16.7 Å². The van der Waals surface area contributed by atoms with Gasteiger partial charge in [-0.3, -0.25) is 4.79 Å². The summed E-state index contributed by atoms with van der Waals surface area (Å²) in [6.07, 6.45) is -0.0128. The molecule has 1 fully saturated rings. The minimum absolute atomic E-state index is 0.0128. The van der Waals surface area contributed by atoms with Crippen molar-refractivity contribution in [2.24, 2.45) is 0 Å². The summed E-state index contributed by atoms with van der Waals surface area (Å²) >= 11 is 0. The number of rotatable bonds is 4. The molecule has 5 heteroatoms. The summed E-state index contributed by atoms with van der Waals surface area (Å²) in [5, 5.41) is 9.31. The quantitative estimate of drug-likeness (QED) is 0.865. The van der Waals surface area contributed by atoms with Crippen LogP contribution < -0.4 is 0 Å². The zero-order valence-corrected chi connectivity index (χ0v) is 14.3. The van der Waals surface area contributed by atoms with Crippen molar-refractivity contribution in [2.75, 3.05) is 0 Å². The third-order valence-corrected chi connectivity index (χ3v) is 4.83. The van der Waals surface area contributed by atoms with Gasteiger partial charge in [0.1, 0.15) is 0 Å². The fourth-order valence-corrected chi connectivity index (χ4v) is 2.75. The maximum atomic E-state index is 11.3. The van der Waals surface area contributed by atoms with Crippen molar-refractivity contribution >= 4 is 13.1 Å². The number of hydrogen-bond acceptors (Lipinski definition) is 3. The van der Waals surface area contributed by atoms with E-state index in [0.29, 0.717) is 0 Å². The topological polar surface area (TPSA) is 55.8 Å². The van der Waals surface area contributed by atoms with Crippen LogP contribution >= 0.6 is 0 Å². The zero-order chi connectivity index (χ0) is 16.7. The van der Waals surface area contributed by atoms with Crippen molar-refractivity contribution in [3.05, 3.63) is 34.9 Å². The second-order valence-electron chi connectivity index (χ2n) is 7.19. The number of hydrogen-bond donors (Lipinski definition) is 1. The van der Waals surface area contributed by atoms with Crippen molar-refractivity contribution < 1.29 is 19.2 Å². The lowest BCUT2D eigenvalue weighted by atomic mass is 9.65. The van der Waals surface area contributed by atoms with Crippen molar-refractivity contribution in [1.82, 2.24) is 0 Å². The molecule has 1 aliphatic heterocycles. The Morgan fingerprint density at radius 2 is 1.73 bits per heavy atom. The van der Waals surface area contributed by atoms with Gasteiger partial charge in [-0.25, -0.2) is 0 Å². The van der Waals surface area contributed by atoms with Crippen LogP contribution in [0.2, 0.25) is 0 Å². The lowest BCUT2D eigenvalue weighted by Gasteiger charge is -2.32. The van der Waals surface area contributed by atoms with E-state index in [-0.39, 0.29) is 12.2 Å². The van der Waals surface area contributed by atoms with Gasteiger partial charge in [-0.1, -0.05) is 23.8 Å². The highest BCUT2D eigenvalue weighted by atomic mass is 16.7. The number of aliphatic carboxylic acids is 1. The minimum Gasteiger partial charge on any atom is -0.481 e. The number of carboxylic acids is 1. The van der Waals surface area contributed by atoms with E-state index in [9.17, 15) is 9.90 Å². The molecule has 0 aromatic heterocycles. The van der Waals surface area contributed by atoms with Crippen molar-refractivity contribution in [3.8, 4) is 0 Å². The van der Waals surface area contributed by atoms with Crippen LogP contribution in [0, 0.1) is 13.8 Å². The molecule has 1 aromatic rings. The fraction of sp³-hybridized carbons (Fsp3) is 0.588. The molecule has 0 amide bonds. The van der Waals surface area contributed by atoms with Crippen LogP contribution in [0.15, 0.2) is 18.2 Å². The lowest BCUT2D eigenvalue weighted by molar-refractivity contribution is -0.137. The summed E-state index contributed by atoms with van der Waals surface area (Å²) in [5.74, 6) is -1.17. The largest absolute Gasteiger partial charge is 0.481 e. The van der Waals surface area contributed by atoms with E-state index in [1.165, 1.54) is 0 Å². The van der Waals surface area contributed by atoms with E-state index in [4.69, 9.17) is 9.31 Å². The molecule has 1 saturated heterocycles. The highest BCUT2D eigenvalue weighted by Crippen LogP contribution is 2.42. The van der Waals surface area contributed by atoms with Crippen LogP contribution in [0.25, 0.3) is 0 Å². The second-order valence-corrected chi connectivity index (χ2v) is 7.19. The Bertz CT molecular complexity index is 564. The molecule has 0 saturated carbocycles. The van der Waals surface area contributed by atoms with Gasteiger partial charge in [0.25, 0.3) is 0 Å². The van der Waals surface area contributed by atoms with Gasteiger partial charge < -0.3 is 14.4 Å². The molecule has 1 aromatic carbocycles. The van der Waals surface area contributed by atoms with Gasteiger partial charge in [0.2, 0.25) is 0 Å². The Morgan fingerprint density at radius 1 is 1.18 bits per heavy atom. The molecular formula is C17H25BO4. The molecule has 120 valence electrons. The Balaban J connectivity index is 2.40. The van der Waals surface area contributed by atoms with Crippen LogP contribution in [0.5, 0.6) is 0 Å². The van der Waals surface area contributed by atoms with E-state index in [2.05, 4.69) is 0 Å². The van der Waals surface area contributed by atoms with E-state index < -0.39 is 24.3 Å². The predicted octanol–water partition coefficient (Wildman–Crippen LogP) is 3.49. The summed E-state index contributed by atoms with van der Waals surface area (Å²) < 4.78 is 12.2. The summed E-state index contributed by atoms with van der Waals surface area (Å²) in [6, 6.07) is 6.08. The van der Waals surface area contributed by atoms with E-state index in [1.807, 2.05) is 59.7 Å². The first-order valence-electron chi connectivity index (χ1n) is 7.68. The van der Waals surface area contributed by atoms with Gasteiger partial charge >= 0.3 is 13.1 Å². The predicted molar refractivity (Wildman–Crippen MR) is 87.0 cm³/mol. The molecule has 0 aliphatic carbocycles. The van der Waals surface area contributed by atoms with Gasteiger partial charge in [-0.2, -0.15) is 0 Å². The lowest BCUT2D eigenvalue weighted by Crippen LogP contribution is -2.41. The van der Waals surface area contributed by atoms with Gasteiger partial charge in [0.15, 0.2) is 0 Å². The molecule has 4 nitrogen and oxygen atoms in total. The van der Waals surface area contributed by atoms with Crippen LogP contribution in [0.3, 0.4) is 0 Å². The molecule has 0 bridgehead atoms. The first-order valence-corrected chi connectivity index (χ1v) is 7.68. The average molecular weight is 304 g/mol. The molecular weight excluding hydrogens is 279 g/mol. The van der Waals surface area contributed by atoms with Crippen molar-refractivity contribution in [1.29, 1.82) is 0 Å². The van der Waals surface area contributed by atoms with Crippen LogP contribution in [0.1, 0.15) is 56.6 Å². The fourth-order valence-electron chi connectivity index (χ4n) is 2.75. The first kappa shape index (κ1) is 17.0. The third-order valence-electron chi connectivity index (χ3n) is 4.83. The molecule has 2 rings (SSSR count). The molecule has 0 radical (unpaired) electrons. The zero-order valence-electron chi connectivity index (χ0n) is 14.3. The van der Waals surface area contributed by atoms with Crippen LogP contribution in [-0.4, -0.2) is 29.4 Å². The van der Waals surface area contributed by atoms with Gasteiger partial charge in [0.05, 0.1) is 17.6 Å². The molecule has 0 spiro atoms. The molecule has 1 aliphatic rings. The molecule has 1 atom stereocenters. The van der Waals surface area contributed by atoms with Gasteiger partial charge in [0, 0.05) is 5.82 Å². The molecule has 22 heavy (non-hydrogen) atoms. The Labute approximate surface area is 133 Å². The minimum atomic E-state index is -0.847. The molecule has 1 N–H and O–H groups in total. The number of carboxylic acid groups (broad SMARTS) is 1. The number of benzene rings is 1. The summed E-state index contributed by atoms with van der Waals surface area (Å²) in [5.41, 5.74) is 2.22. The van der Waals surface area contributed by atoms with Gasteiger partial charge in [-0.15, -0.1) is 0 Å². The first-order chi connectivity index (χ1) is 10.0. The third kappa shape index (κ3) is 3.20. The Kier molecular flexibility index (Phi) is 4.42. The van der Waals surface area contributed by atoms with Crippen LogP contribution in [-0.2, 0) is 14.1 Å². The van der Waals surface area contributed by atoms with E-state index >= 15 is 0 Å². The van der Waals surface area contributed by atoms with E-state index in [1.54, 1.807) is 0 Å². The average Bonchev–Trinajstić information content (AvgIpc) is 2.58. The Hall–Kier alpha value is -1.33. The number of carbonyl (C=O) groups is 1.